The molecule has 0 fully saturated rings. The third-order valence-electron chi connectivity index (χ3n) is 4.81. The highest BCUT2D eigenvalue weighted by Crippen LogP contribution is 2.33. The third kappa shape index (κ3) is 2.21. The Morgan fingerprint density at radius 2 is 1.68 bits per heavy atom. The summed E-state index contributed by atoms with van der Waals surface area (Å²) < 4.78 is 1.60. The second kappa shape index (κ2) is 5.99. The van der Waals surface area contributed by atoms with E-state index in [1.54, 1.807) is 65.2 Å². The molecule has 0 bridgehead atoms. The monoisotopic (exact) mass is 367 g/mol. The summed E-state index contributed by atoms with van der Waals surface area (Å²) in [6.45, 7) is 0. The molecule has 0 unspecified atom stereocenters. The molecule has 4 aromatic rings. The highest BCUT2D eigenvalue weighted by atomic mass is 16.2. The van der Waals surface area contributed by atoms with E-state index in [1.807, 2.05) is 6.07 Å². The minimum atomic E-state index is -0.448. The van der Waals surface area contributed by atoms with Gasteiger partial charge in [-0.25, -0.2) is 0 Å². The summed E-state index contributed by atoms with van der Waals surface area (Å²) >= 11 is 0. The largest absolute Gasteiger partial charge is 0.322 e. The molecule has 6 heteroatoms. The lowest BCUT2D eigenvalue weighted by molar-refractivity contribution is 0.0965. The lowest BCUT2D eigenvalue weighted by Gasteiger charge is -2.14. The van der Waals surface area contributed by atoms with Gasteiger partial charge >= 0.3 is 0 Å². The highest BCUT2D eigenvalue weighted by Gasteiger charge is 2.38. The van der Waals surface area contributed by atoms with Gasteiger partial charge in [-0.05, 0) is 36.4 Å². The zero-order valence-corrected chi connectivity index (χ0v) is 14.5. The first kappa shape index (κ1) is 16.1. The maximum absolute atomic E-state index is 13.2. The second-order valence-electron chi connectivity index (χ2n) is 6.43. The van der Waals surface area contributed by atoms with Crippen molar-refractivity contribution in [3.63, 3.8) is 0 Å². The van der Waals surface area contributed by atoms with E-state index in [4.69, 9.17) is 0 Å². The van der Waals surface area contributed by atoms with Crippen LogP contribution in [0.2, 0.25) is 0 Å². The highest BCUT2D eigenvalue weighted by molar-refractivity contribution is 6.32. The average Bonchev–Trinajstić information content (AvgIpc) is 3.08. The van der Waals surface area contributed by atoms with Crippen molar-refractivity contribution in [3.8, 4) is 0 Å². The number of hydrogen-bond donors (Lipinski definition) is 1. The number of aromatic nitrogens is 2. The van der Waals surface area contributed by atoms with Crippen molar-refractivity contribution in [2.75, 3.05) is 5.32 Å². The first-order valence-electron chi connectivity index (χ1n) is 8.70. The molecule has 0 spiro atoms. The second-order valence-corrected chi connectivity index (χ2v) is 6.43. The van der Waals surface area contributed by atoms with E-state index in [0.717, 1.165) is 0 Å². The molecule has 0 saturated heterocycles. The van der Waals surface area contributed by atoms with E-state index in [2.05, 4.69) is 10.3 Å². The van der Waals surface area contributed by atoms with E-state index < -0.39 is 11.7 Å². The number of carbonyl (C=O) groups is 3. The molecule has 134 valence electrons. The molecule has 3 heterocycles. The van der Waals surface area contributed by atoms with Crippen LogP contribution in [0.25, 0.3) is 5.52 Å². The van der Waals surface area contributed by atoms with Crippen molar-refractivity contribution in [2.24, 2.45) is 0 Å². The van der Waals surface area contributed by atoms with Crippen LogP contribution in [0.4, 0.5) is 5.69 Å². The topological polar surface area (TPSA) is 80.5 Å². The first-order chi connectivity index (χ1) is 13.7. The number of hydrogen-bond acceptors (Lipinski definition) is 4. The number of fused-ring (bicyclic) bond motifs is 4. The van der Waals surface area contributed by atoms with Crippen molar-refractivity contribution in [3.05, 3.63) is 101 Å². The molecule has 3 aromatic heterocycles. The van der Waals surface area contributed by atoms with Crippen LogP contribution in [-0.4, -0.2) is 26.9 Å². The lowest BCUT2D eigenvalue weighted by atomic mass is 9.89. The van der Waals surface area contributed by atoms with Crippen molar-refractivity contribution in [1.82, 2.24) is 9.38 Å². The molecule has 0 atom stereocenters. The predicted octanol–water partition coefficient (Wildman–Crippen LogP) is 3.36. The SMILES string of the molecule is O=C1c2ncccc2C(=O)c2c1c(C(=O)Nc1ccccc1)c1ccccn21. The van der Waals surface area contributed by atoms with Crippen LogP contribution in [0, 0.1) is 0 Å². The Labute approximate surface area is 159 Å². The van der Waals surface area contributed by atoms with E-state index >= 15 is 0 Å². The van der Waals surface area contributed by atoms with Gasteiger partial charge in [0.05, 0.1) is 22.2 Å². The van der Waals surface area contributed by atoms with Gasteiger partial charge in [-0.2, -0.15) is 0 Å². The third-order valence-corrected chi connectivity index (χ3v) is 4.81. The lowest BCUT2D eigenvalue weighted by Crippen LogP contribution is -2.25. The number of pyridine rings is 2. The fraction of sp³-hybridized carbons (Fsp3) is 0. The van der Waals surface area contributed by atoms with Crippen molar-refractivity contribution in [1.29, 1.82) is 0 Å². The Morgan fingerprint density at radius 3 is 2.50 bits per heavy atom. The smallest absolute Gasteiger partial charge is 0.258 e. The van der Waals surface area contributed by atoms with Gasteiger partial charge in [0.15, 0.2) is 0 Å². The van der Waals surface area contributed by atoms with Crippen LogP contribution in [0.1, 0.15) is 42.5 Å². The van der Waals surface area contributed by atoms with Gasteiger partial charge in [0.1, 0.15) is 11.4 Å². The minimum Gasteiger partial charge on any atom is -0.322 e. The Morgan fingerprint density at radius 1 is 0.893 bits per heavy atom. The maximum Gasteiger partial charge on any atom is 0.258 e. The van der Waals surface area contributed by atoms with Gasteiger partial charge < -0.3 is 9.72 Å². The van der Waals surface area contributed by atoms with Crippen LogP contribution < -0.4 is 5.32 Å². The molecule has 1 aliphatic carbocycles. The standard InChI is InChI=1S/C22H13N3O3/c26-20-14-9-6-11-23-18(14)21(27)17-16(15-10-4-5-12-25(15)19(17)20)22(28)24-13-7-2-1-3-8-13/h1-12H,(H,24,28). The summed E-state index contributed by atoms with van der Waals surface area (Å²) in [6.07, 6.45) is 3.15. The predicted molar refractivity (Wildman–Crippen MR) is 103 cm³/mol. The van der Waals surface area contributed by atoms with Gasteiger partial charge in [0, 0.05) is 18.1 Å². The first-order valence-corrected chi connectivity index (χ1v) is 8.70. The molecule has 28 heavy (non-hydrogen) atoms. The van der Waals surface area contributed by atoms with Crippen LogP contribution in [0.5, 0.6) is 0 Å². The van der Waals surface area contributed by atoms with Gasteiger partial charge in [-0.1, -0.05) is 24.3 Å². The van der Waals surface area contributed by atoms with Gasteiger partial charge in [-0.3, -0.25) is 19.4 Å². The van der Waals surface area contributed by atoms with E-state index in [1.165, 1.54) is 6.20 Å². The van der Waals surface area contributed by atoms with Crippen LogP contribution in [0.3, 0.4) is 0 Å². The number of benzene rings is 1. The quantitative estimate of drug-likeness (QED) is 0.519. The molecule has 6 nitrogen and oxygen atoms in total. The maximum atomic E-state index is 13.2. The summed E-state index contributed by atoms with van der Waals surface area (Å²) in [6, 6.07) is 17.4. The Hall–Kier alpha value is -4.06. The number of rotatable bonds is 2. The van der Waals surface area contributed by atoms with Crippen LogP contribution in [0.15, 0.2) is 73.1 Å². The summed E-state index contributed by atoms with van der Waals surface area (Å²) in [5.74, 6) is -1.19. The van der Waals surface area contributed by atoms with Crippen molar-refractivity contribution in [2.45, 2.75) is 0 Å². The number of nitrogens with one attached hydrogen (secondary N) is 1. The summed E-state index contributed by atoms with van der Waals surface area (Å²) in [5, 5.41) is 2.81. The van der Waals surface area contributed by atoms with Crippen molar-refractivity contribution < 1.29 is 14.4 Å². The Bertz CT molecular complexity index is 1290. The van der Waals surface area contributed by atoms with E-state index in [0.29, 0.717) is 11.2 Å². The number of ketones is 2. The molecule has 1 aliphatic rings. The normalized spacial score (nSPS) is 12.6. The number of para-hydroxylation sites is 1. The van der Waals surface area contributed by atoms with Crippen LogP contribution in [-0.2, 0) is 0 Å². The summed E-state index contributed by atoms with van der Waals surface area (Å²) in [7, 11) is 0. The number of nitrogens with zero attached hydrogens (tertiary/aromatic N) is 2. The molecule has 1 amide bonds. The minimum absolute atomic E-state index is 0.0738. The Balaban J connectivity index is 1.76. The molecule has 0 radical (unpaired) electrons. The number of amides is 1. The summed E-state index contributed by atoms with van der Waals surface area (Å²) in [4.78, 5) is 43.5. The molecule has 0 aliphatic heterocycles. The van der Waals surface area contributed by atoms with Gasteiger partial charge in [0.25, 0.3) is 5.91 Å². The molecule has 1 aromatic carbocycles. The summed E-state index contributed by atoms with van der Waals surface area (Å²) in [5.41, 5.74) is 1.88. The average molecular weight is 367 g/mol. The molecule has 0 saturated carbocycles. The fourth-order valence-electron chi connectivity index (χ4n) is 3.61. The fourth-order valence-corrected chi connectivity index (χ4v) is 3.61. The number of anilines is 1. The zero-order valence-electron chi connectivity index (χ0n) is 14.5. The van der Waals surface area contributed by atoms with Crippen molar-refractivity contribution >= 4 is 28.7 Å². The zero-order chi connectivity index (χ0) is 19.3. The van der Waals surface area contributed by atoms with Gasteiger partial charge in [-0.15, -0.1) is 0 Å². The number of carbonyl (C=O) groups excluding carboxylic acids is 3. The van der Waals surface area contributed by atoms with E-state index in [-0.39, 0.29) is 33.9 Å². The molecule has 1 N–H and O–H groups in total. The molecular formula is C22H13N3O3. The van der Waals surface area contributed by atoms with Crippen LogP contribution >= 0.6 is 0 Å². The molecular weight excluding hydrogens is 354 g/mol. The van der Waals surface area contributed by atoms with Gasteiger partial charge in [0.2, 0.25) is 11.6 Å². The Kier molecular flexibility index (Phi) is 3.45. The van der Waals surface area contributed by atoms with E-state index in [9.17, 15) is 14.4 Å². The molecule has 5 rings (SSSR count).